The summed E-state index contributed by atoms with van der Waals surface area (Å²) < 4.78 is 13.7. The maximum atomic E-state index is 13.7. The van der Waals surface area contributed by atoms with Crippen molar-refractivity contribution in [2.75, 3.05) is 5.32 Å². The molecule has 2 N–H and O–H groups in total. The van der Waals surface area contributed by atoms with E-state index in [1.807, 2.05) is 30.3 Å². The van der Waals surface area contributed by atoms with Crippen molar-refractivity contribution in [3.8, 4) is 0 Å². The zero-order valence-electron chi connectivity index (χ0n) is 14.9. The number of anilines is 2. The number of aromatic nitrogens is 2. The van der Waals surface area contributed by atoms with Gasteiger partial charge < -0.3 is 10.6 Å². The summed E-state index contributed by atoms with van der Waals surface area (Å²) >= 11 is 0. The van der Waals surface area contributed by atoms with Crippen LogP contribution in [-0.4, -0.2) is 15.9 Å². The van der Waals surface area contributed by atoms with Gasteiger partial charge >= 0.3 is 0 Å². The molecule has 0 aliphatic carbocycles. The number of carbonyl (C=O) groups is 1. The highest BCUT2D eigenvalue weighted by molar-refractivity contribution is 5.96. The first-order valence-electron chi connectivity index (χ1n) is 8.78. The Bertz CT molecular complexity index is 1140. The number of pyridine rings is 2. The molecule has 0 aliphatic heterocycles. The summed E-state index contributed by atoms with van der Waals surface area (Å²) in [6, 6.07) is 17.8. The molecule has 2 heterocycles. The van der Waals surface area contributed by atoms with Crippen LogP contribution in [-0.2, 0) is 6.54 Å². The van der Waals surface area contributed by atoms with Crippen molar-refractivity contribution in [3.05, 3.63) is 96.2 Å². The number of rotatable bonds is 5. The van der Waals surface area contributed by atoms with E-state index in [2.05, 4.69) is 20.6 Å². The molecule has 0 saturated heterocycles. The first-order chi connectivity index (χ1) is 13.7. The standard InChI is InChI=1S/C22H17FN4O/c23-19-8-2-1-5-16(19)13-26-22(28)17-11-18(14-24-12-17)27-20-9-3-6-15-7-4-10-25-21(15)20/h1-12,14,27H,13H2,(H,26,28). The molecule has 28 heavy (non-hydrogen) atoms. The third-order valence-corrected chi connectivity index (χ3v) is 4.31. The molecule has 2 aromatic heterocycles. The fraction of sp³-hybridized carbons (Fsp3) is 0.0455. The molecule has 6 heteroatoms. The Hall–Kier alpha value is -3.80. The molecule has 0 saturated carbocycles. The van der Waals surface area contributed by atoms with Crippen LogP contribution >= 0.6 is 0 Å². The third-order valence-electron chi connectivity index (χ3n) is 4.31. The molecule has 1 amide bonds. The van der Waals surface area contributed by atoms with Crippen LogP contribution in [0, 0.1) is 5.82 Å². The van der Waals surface area contributed by atoms with Gasteiger partial charge in [0, 0.05) is 29.9 Å². The molecule has 138 valence electrons. The highest BCUT2D eigenvalue weighted by Crippen LogP contribution is 2.24. The van der Waals surface area contributed by atoms with Crippen LogP contribution in [0.5, 0.6) is 0 Å². The van der Waals surface area contributed by atoms with Gasteiger partial charge in [0.05, 0.1) is 28.7 Å². The monoisotopic (exact) mass is 372 g/mol. The maximum absolute atomic E-state index is 13.7. The van der Waals surface area contributed by atoms with Crippen LogP contribution in [0.2, 0.25) is 0 Å². The summed E-state index contributed by atoms with van der Waals surface area (Å²) in [5, 5.41) is 6.99. The predicted molar refractivity (Wildman–Crippen MR) is 107 cm³/mol. The van der Waals surface area contributed by atoms with Crippen LogP contribution < -0.4 is 10.6 Å². The van der Waals surface area contributed by atoms with E-state index in [0.29, 0.717) is 16.8 Å². The van der Waals surface area contributed by atoms with E-state index in [9.17, 15) is 9.18 Å². The quantitative estimate of drug-likeness (QED) is 0.543. The van der Waals surface area contributed by atoms with Gasteiger partial charge in [-0.1, -0.05) is 36.4 Å². The first-order valence-corrected chi connectivity index (χ1v) is 8.78. The molecule has 0 aliphatic rings. The largest absolute Gasteiger partial charge is 0.352 e. The summed E-state index contributed by atoms with van der Waals surface area (Å²) in [5.74, 6) is -0.671. The molecule has 0 fully saturated rings. The zero-order valence-corrected chi connectivity index (χ0v) is 14.9. The first kappa shape index (κ1) is 17.6. The zero-order chi connectivity index (χ0) is 19.3. The van der Waals surface area contributed by atoms with Gasteiger partial charge in [-0.25, -0.2) is 4.39 Å². The smallest absolute Gasteiger partial charge is 0.253 e. The SMILES string of the molecule is O=C(NCc1ccccc1F)c1cncc(Nc2cccc3cccnc23)c1. The fourth-order valence-corrected chi connectivity index (χ4v) is 2.91. The van der Waals surface area contributed by atoms with Crippen LogP contribution in [0.25, 0.3) is 10.9 Å². The molecule has 0 unspecified atom stereocenters. The average Bonchev–Trinajstić information content (AvgIpc) is 2.73. The normalized spacial score (nSPS) is 10.6. The highest BCUT2D eigenvalue weighted by atomic mass is 19.1. The van der Waals surface area contributed by atoms with E-state index in [0.717, 1.165) is 16.6 Å². The van der Waals surface area contributed by atoms with Crippen molar-refractivity contribution >= 4 is 28.2 Å². The number of nitrogens with one attached hydrogen (secondary N) is 2. The Balaban J connectivity index is 1.51. The molecule has 0 radical (unpaired) electrons. The summed E-state index contributed by atoms with van der Waals surface area (Å²) in [6.07, 6.45) is 4.84. The van der Waals surface area contributed by atoms with Gasteiger partial charge in [-0.05, 0) is 24.3 Å². The number of benzene rings is 2. The maximum Gasteiger partial charge on any atom is 0.253 e. The van der Waals surface area contributed by atoms with Crippen LogP contribution in [0.3, 0.4) is 0 Å². The third kappa shape index (κ3) is 3.81. The number of hydrogen-bond donors (Lipinski definition) is 2. The predicted octanol–water partition coefficient (Wildman–Crippen LogP) is 4.44. The van der Waals surface area contributed by atoms with E-state index >= 15 is 0 Å². The number of nitrogens with zero attached hydrogens (tertiary/aromatic N) is 2. The average molecular weight is 372 g/mol. The minimum atomic E-state index is -0.347. The molecule has 5 nitrogen and oxygen atoms in total. The Morgan fingerprint density at radius 3 is 2.75 bits per heavy atom. The van der Waals surface area contributed by atoms with Crippen LogP contribution in [0.15, 0.2) is 79.3 Å². The van der Waals surface area contributed by atoms with Crippen molar-refractivity contribution in [1.82, 2.24) is 15.3 Å². The lowest BCUT2D eigenvalue weighted by Crippen LogP contribution is -2.23. The number of halogens is 1. The molecule has 0 bridgehead atoms. The number of carbonyl (C=O) groups excluding carboxylic acids is 1. The number of fused-ring (bicyclic) bond motifs is 1. The second kappa shape index (κ2) is 7.84. The number of amides is 1. The van der Waals surface area contributed by atoms with Crippen LogP contribution in [0.1, 0.15) is 15.9 Å². The van der Waals surface area contributed by atoms with Crippen molar-refractivity contribution in [2.24, 2.45) is 0 Å². The lowest BCUT2D eigenvalue weighted by atomic mass is 10.1. The van der Waals surface area contributed by atoms with Gasteiger partial charge in [-0.3, -0.25) is 14.8 Å². The van der Waals surface area contributed by atoms with Crippen molar-refractivity contribution in [3.63, 3.8) is 0 Å². The fourth-order valence-electron chi connectivity index (χ4n) is 2.91. The Labute approximate surface area is 161 Å². The summed E-state index contributed by atoms with van der Waals surface area (Å²) in [7, 11) is 0. The van der Waals surface area contributed by atoms with Crippen molar-refractivity contribution in [1.29, 1.82) is 0 Å². The van der Waals surface area contributed by atoms with E-state index < -0.39 is 0 Å². The highest BCUT2D eigenvalue weighted by Gasteiger charge is 2.09. The van der Waals surface area contributed by atoms with Gasteiger partial charge in [0.1, 0.15) is 5.82 Å². The molecule has 4 rings (SSSR count). The number of hydrogen-bond acceptors (Lipinski definition) is 4. The summed E-state index contributed by atoms with van der Waals surface area (Å²) in [6.45, 7) is 0.108. The lowest BCUT2D eigenvalue weighted by Gasteiger charge is -2.10. The van der Waals surface area contributed by atoms with Gasteiger partial charge in [-0.15, -0.1) is 0 Å². The second-order valence-corrected chi connectivity index (χ2v) is 6.24. The molecule has 4 aromatic rings. The second-order valence-electron chi connectivity index (χ2n) is 6.24. The Morgan fingerprint density at radius 2 is 1.86 bits per heavy atom. The molecule has 0 spiro atoms. The van der Waals surface area contributed by atoms with Crippen molar-refractivity contribution < 1.29 is 9.18 Å². The summed E-state index contributed by atoms with van der Waals surface area (Å²) in [4.78, 5) is 21.0. The molecular weight excluding hydrogens is 355 g/mol. The van der Waals surface area contributed by atoms with Gasteiger partial charge in [0.25, 0.3) is 5.91 Å². The van der Waals surface area contributed by atoms with E-state index in [1.54, 1.807) is 36.7 Å². The lowest BCUT2D eigenvalue weighted by molar-refractivity contribution is 0.0950. The molecular formula is C22H17FN4O. The van der Waals surface area contributed by atoms with Gasteiger partial charge in [-0.2, -0.15) is 0 Å². The Kier molecular flexibility index (Phi) is 4.93. The summed E-state index contributed by atoms with van der Waals surface area (Å²) in [5.41, 5.74) is 3.13. The minimum Gasteiger partial charge on any atom is -0.352 e. The van der Waals surface area contributed by atoms with Gasteiger partial charge in [0.2, 0.25) is 0 Å². The minimum absolute atomic E-state index is 0.108. The van der Waals surface area contributed by atoms with Gasteiger partial charge in [0.15, 0.2) is 0 Å². The van der Waals surface area contributed by atoms with Crippen molar-refractivity contribution in [2.45, 2.75) is 6.54 Å². The Morgan fingerprint density at radius 1 is 1.00 bits per heavy atom. The molecule has 0 atom stereocenters. The van der Waals surface area contributed by atoms with Crippen LogP contribution in [0.4, 0.5) is 15.8 Å². The topological polar surface area (TPSA) is 66.9 Å². The van der Waals surface area contributed by atoms with E-state index in [4.69, 9.17) is 0 Å². The molecule has 2 aromatic carbocycles. The number of para-hydroxylation sites is 1. The van der Waals surface area contributed by atoms with E-state index in [1.165, 1.54) is 12.3 Å². The van der Waals surface area contributed by atoms with E-state index in [-0.39, 0.29) is 18.3 Å².